The maximum Gasteiger partial charge on any atom is 0.379 e. The maximum absolute atomic E-state index is 11.8. The fourth-order valence-corrected chi connectivity index (χ4v) is 2.39. The molecule has 0 saturated heterocycles. The molecule has 0 heterocycles. The lowest BCUT2D eigenvalue weighted by Crippen LogP contribution is -2.16. The predicted molar refractivity (Wildman–Crippen MR) is 84.7 cm³/mol. The van der Waals surface area contributed by atoms with Crippen molar-refractivity contribution in [2.75, 3.05) is 7.11 Å². The summed E-state index contributed by atoms with van der Waals surface area (Å²) in [5.74, 6) is -0.403. The molecule has 0 atom stereocenters. The lowest BCUT2D eigenvalue weighted by atomic mass is 10.1. The molecule has 2 rings (SSSR count). The van der Waals surface area contributed by atoms with E-state index >= 15 is 0 Å². The van der Waals surface area contributed by atoms with Crippen LogP contribution < -0.4 is 4.74 Å². The first-order chi connectivity index (χ1) is 10.0. The van der Waals surface area contributed by atoms with E-state index in [0.717, 1.165) is 4.47 Å². The Morgan fingerprint density at radius 2 is 1.57 bits per heavy atom. The van der Waals surface area contributed by atoms with Crippen LogP contribution in [0.2, 0.25) is 0 Å². The van der Waals surface area contributed by atoms with Gasteiger partial charge in [-0.3, -0.25) is 4.79 Å². The van der Waals surface area contributed by atoms with E-state index in [-0.39, 0.29) is 5.56 Å². The molecule has 0 aliphatic heterocycles. The van der Waals surface area contributed by atoms with Crippen LogP contribution >= 0.6 is 31.9 Å². The summed E-state index contributed by atoms with van der Waals surface area (Å²) in [6.07, 6.45) is 0. The third-order valence-electron chi connectivity index (χ3n) is 2.61. The largest absolute Gasteiger partial charge is 0.463 e. The van der Waals surface area contributed by atoms with Gasteiger partial charge in [-0.25, -0.2) is 4.79 Å². The Hall–Kier alpha value is -1.66. The molecule has 108 valence electrons. The average Bonchev–Trinajstić information content (AvgIpc) is 2.48. The first kappa shape index (κ1) is 15.7. The van der Waals surface area contributed by atoms with Crippen LogP contribution in [-0.2, 0) is 9.53 Å². The second kappa shape index (κ2) is 6.87. The molecule has 0 aliphatic rings. The zero-order chi connectivity index (χ0) is 15.4. The van der Waals surface area contributed by atoms with Crippen molar-refractivity contribution in [2.24, 2.45) is 0 Å². The Morgan fingerprint density at radius 1 is 0.952 bits per heavy atom. The van der Waals surface area contributed by atoms with E-state index in [9.17, 15) is 9.59 Å². The topological polar surface area (TPSA) is 52.6 Å². The third kappa shape index (κ3) is 3.92. The molecule has 0 fully saturated rings. The van der Waals surface area contributed by atoms with Gasteiger partial charge in [0.15, 0.2) is 0 Å². The van der Waals surface area contributed by atoms with Crippen molar-refractivity contribution >= 4 is 43.6 Å². The minimum atomic E-state index is -0.905. The highest BCUT2D eigenvalue weighted by atomic mass is 79.9. The molecule has 0 aliphatic carbocycles. The lowest BCUT2D eigenvalue weighted by Gasteiger charge is -2.08. The van der Waals surface area contributed by atoms with Gasteiger partial charge in [0, 0.05) is 14.5 Å². The number of esters is 1. The number of carbonyl (C=O) groups is 2. The summed E-state index contributed by atoms with van der Waals surface area (Å²) in [6.45, 7) is 0. The quantitative estimate of drug-likeness (QED) is 0.424. The minimum Gasteiger partial charge on any atom is -0.463 e. The van der Waals surface area contributed by atoms with Crippen LogP contribution in [-0.4, -0.2) is 18.9 Å². The molecule has 0 spiro atoms. The van der Waals surface area contributed by atoms with Crippen LogP contribution in [0, 0.1) is 0 Å². The van der Waals surface area contributed by atoms with Crippen molar-refractivity contribution in [1.29, 1.82) is 0 Å². The highest BCUT2D eigenvalue weighted by Gasteiger charge is 2.19. The van der Waals surface area contributed by atoms with Crippen LogP contribution in [0.15, 0.2) is 51.4 Å². The van der Waals surface area contributed by atoms with Gasteiger partial charge in [-0.05, 0) is 58.4 Å². The van der Waals surface area contributed by atoms with Crippen molar-refractivity contribution in [1.82, 2.24) is 0 Å². The molecule has 2 aromatic rings. The van der Waals surface area contributed by atoms with E-state index in [0.29, 0.717) is 16.0 Å². The fraction of sp³-hybridized carbons (Fsp3) is 0.0667. The van der Waals surface area contributed by atoms with Crippen LogP contribution in [0.1, 0.15) is 10.4 Å². The molecule has 0 N–H and O–H groups in total. The van der Waals surface area contributed by atoms with Gasteiger partial charge in [-0.15, -0.1) is 0 Å². The number of benzene rings is 2. The number of hydrogen-bond donors (Lipinski definition) is 0. The molecule has 0 aromatic heterocycles. The number of ether oxygens (including phenoxy) is 2. The highest BCUT2D eigenvalue weighted by Crippen LogP contribution is 2.28. The summed E-state index contributed by atoms with van der Waals surface area (Å²) in [6, 6.07) is 12.1. The fourth-order valence-electron chi connectivity index (χ4n) is 1.58. The number of carbonyl (C=O) groups excluding carboxylic acids is 2. The number of methoxy groups -OCH3 is 1. The van der Waals surface area contributed by atoms with E-state index in [4.69, 9.17) is 4.74 Å². The van der Waals surface area contributed by atoms with Gasteiger partial charge in [0.2, 0.25) is 0 Å². The van der Waals surface area contributed by atoms with Crippen LogP contribution in [0.25, 0.3) is 0 Å². The molecule has 0 unspecified atom stereocenters. The van der Waals surface area contributed by atoms with Gasteiger partial charge >= 0.3 is 5.97 Å². The molecule has 21 heavy (non-hydrogen) atoms. The first-order valence-corrected chi connectivity index (χ1v) is 7.45. The smallest absolute Gasteiger partial charge is 0.379 e. The van der Waals surface area contributed by atoms with Gasteiger partial charge in [0.05, 0.1) is 7.11 Å². The normalized spacial score (nSPS) is 10.0. The van der Waals surface area contributed by atoms with E-state index in [1.807, 2.05) is 24.3 Å². The Kier molecular flexibility index (Phi) is 5.14. The number of ketones is 1. The van der Waals surface area contributed by atoms with Crippen LogP contribution in [0.4, 0.5) is 0 Å². The number of Topliss-reactive ketones (excluding diaryl/α,β-unsaturated/α-hetero) is 1. The molecular weight excluding hydrogens is 404 g/mol. The standard InChI is InChI=1S/C15H10Br2O4/c1-20-15(19)14(18)12-7-6-11(8-13(12)17)21-10-4-2-9(16)3-5-10/h2-8H,1H3. The zero-order valence-corrected chi connectivity index (χ0v) is 14.1. The zero-order valence-electron chi connectivity index (χ0n) is 10.9. The van der Waals surface area contributed by atoms with Crippen molar-refractivity contribution in [3.63, 3.8) is 0 Å². The molecule has 4 nitrogen and oxygen atoms in total. The SMILES string of the molecule is COC(=O)C(=O)c1ccc(Oc2ccc(Br)cc2)cc1Br. The second-order valence-electron chi connectivity index (χ2n) is 4.02. The molecule has 0 radical (unpaired) electrons. The number of halogens is 2. The summed E-state index contributed by atoms with van der Waals surface area (Å²) in [4.78, 5) is 23.0. The Morgan fingerprint density at radius 3 is 2.14 bits per heavy atom. The molecule has 0 bridgehead atoms. The molecule has 0 amide bonds. The maximum atomic E-state index is 11.8. The third-order valence-corrected chi connectivity index (χ3v) is 3.79. The summed E-state index contributed by atoms with van der Waals surface area (Å²) < 4.78 is 11.5. The van der Waals surface area contributed by atoms with E-state index in [1.165, 1.54) is 13.2 Å². The molecule has 2 aromatic carbocycles. The van der Waals surface area contributed by atoms with Gasteiger partial charge in [-0.2, -0.15) is 0 Å². The summed E-state index contributed by atoms with van der Waals surface area (Å²) in [5.41, 5.74) is 0.227. The second-order valence-corrected chi connectivity index (χ2v) is 5.79. The molecule has 0 saturated carbocycles. The average molecular weight is 414 g/mol. The summed E-state index contributed by atoms with van der Waals surface area (Å²) >= 11 is 6.60. The monoisotopic (exact) mass is 412 g/mol. The Balaban J connectivity index is 2.21. The van der Waals surface area contributed by atoms with Gasteiger partial charge < -0.3 is 9.47 Å². The van der Waals surface area contributed by atoms with E-state index < -0.39 is 11.8 Å². The molecule has 6 heteroatoms. The van der Waals surface area contributed by atoms with Gasteiger partial charge in [0.1, 0.15) is 11.5 Å². The number of rotatable bonds is 4. The Bertz CT molecular complexity index is 681. The molecular formula is C15H10Br2O4. The van der Waals surface area contributed by atoms with Crippen LogP contribution in [0.5, 0.6) is 11.5 Å². The lowest BCUT2D eigenvalue weighted by molar-refractivity contribution is -0.135. The number of hydrogen-bond acceptors (Lipinski definition) is 4. The van der Waals surface area contributed by atoms with Crippen molar-refractivity contribution in [2.45, 2.75) is 0 Å². The van der Waals surface area contributed by atoms with Crippen molar-refractivity contribution in [3.05, 3.63) is 57.0 Å². The Labute approximate surface area is 138 Å². The van der Waals surface area contributed by atoms with Crippen LogP contribution in [0.3, 0.4) is 0 Å². The van der Waals surface area contributed by atoms with Gasteiger partial charge in [0.25, 0.3) is 5.78 Å². The minimum absolute atomic E-state index is 0.227. The summed E-state index contributed by atoms with van der Waals surface area (Å²) in [5, 5.41) is 0. The van der Waals surface area contributed by atoms with Gasteiger partial charge in [-0.1, -0.05) is 15.9 Å². The van der Waals surface area contributed by atoms with Crippen molar-refractivity contribution in [3.8, 4) is 11.5 Å². The predicted octanol–water partition coefficient (Wildman–Crippen LogP) is 4.36. The first-order valence-electron chi connectivity index (χ1n) is 5.87. The summed E-state index contributed by atoms with van der Waals surface area (Å²) in [7, 11) is 1.17. The van der Waals surface area contributed by atoms with Crippen molar-refractivity contribution < 1.29 is 19.1 Å². The highest BCUT2D eigenvalue weighted by molar-refractivity contribution is 9.10. The van der Waals surface area contributed by atoms with E-state index in [2.05, 4.69) is 36.6 Å². The van der Waals surface area contributed by atoms with E-state index in [1.54, 1.807) is 12.1 Å².